The fourth-order valence-electron chi connectivity index (χ4n) is 2.91. The first kappa shape index (κ1) is 19.4. The van der Waals surface area contributed by atoms with E-state index in [-0.39, 0.29) is 30.0 Å². The standard InChI is InChI=1S/C21H22N2O5/c1-2-3-12-28-21(27)14-4-6-15(7-5-14)22-18-13-19(25)23(20(18)26)16-8-10-17(24)11-9-16/h4-11,18,22,24H,2-3,12-13H2,1H3. The van der Waals surface area contributed by atoms with Crippen molar-refractivity contribution in [3.63, 3.8) is 0 Å². The summed E-state index contributed by atoms with van der Waals surface area (Å²) in [4.78, 5) is 38.0. The zero-order chi connectivity index (χ0) is 20.1. The van der Waals surface area contributed by atoms with Crippen LogP contribution in [0.5, 0.6) is 5.75 Å². The highest BCUT2D eigenvalue weighted by Crippen LogP contribution is 2.26. The van der Waals surface area contributed by atoms with Gasteiger partial charge in [-0.2, -0.15) is 0 Å². The van der Waals surface area contributed by atoms with Crippen molar-refractivity contribution in [1.29, 1.82) is 0 Å². The second-order valence-corrected chi connectivity index (χ2v) is 6.55. The lowest BCUT2D eigenvalue weighted by Gasteiger charge is -2.16. The summed E-state index contributed by atoms with van der Waals surface area (Å²) in [7, 11) is 0. The molecule has 0 bridgehead atoms. The molecule has 1 atom stereocenters. The number of carbonyl (C=O) groups excluding carboxylic acids is 3. The number of rotatable bonds is 7. The first-order valence-corrected chi connectivity index (χ1v) is 9.19. The Balaban J connectivity index is 1.64. The van der Waals surface area contributed by atoms with Gasteiger partial charge < -0.3 is 15.2 Å². The molecule has 1 saturated heterocycles. The fraction of sp³-hybridized carbons (Fsp3) is 0.286. The molecule has 2 aromatic carbocycles. The number of benzene rings is 2. The summed E-state index contributed by atoms with van der Waals surface area (Å²) in [5.74, 6) is -1.00. The van der Waals surface area contributed by atoms with Gasteiger partial charge in [0.2, 0.25) is 5.91 Å². The minimum absolute atomic E-state index is 0.0283. The Hall–Kier alpha value is -3.35. The van der Waals surface area contributed by atoms with Crippen molar-refractivity contribution < 1.29 is 24.2 Å². The van der Waals surface area contributed by atoms with Crippen molar-refractivity contribution in [3.8, 4) is 5.75 Å². The highest BCUT2D eigenvalue weighted by atomic mass is 16.5. The maximum atomic E-state index is 12.6. The molecule has 1 unspecified atom stereocenters. The van der Waals surface area contributed by atoms with Gasteiger partial charge in [0.1, 0.15) is 11.8 Å². The largest absolute Gasteiger partial charge is 0.508 e. The van der Waals surface area contributed by atoms with Crippen LogP contribution >= 0.6 is 0 Å². The topological polar surface area (TPSA) is 95.9 Å². The van der Waals surface area contributed by atoms with Gasteiger partial charge in [0.25, 0.3) is 5.91 Å². The highest BCUT2D eigenvalue weighted by Gasteiger charge is 2.39. The van der Waals surface area contributed by atoms with Crippen molar-refractivity contribution in [1.82, 2.24) is 0 Å². The number of anilines is 2. The molecule has 1 aliphatic rings. The average Bonchev–Trinajstić information content (AvgIpc) is 2.96. The van der Waals surface area contributed by atoms with Gasteiger partial charge in [-0.05, 0) is 55.0 Å². The molecule has 1 heterocycles. The van der Waals surface area contributed by atoms with E-state index in [1.807, 2.05) is 6.92 Å². The molecule has 1 aliphatic heterocycles. The van der Waals surface area contributed by atoms with Crippen LogP contribution in [0.25, 0.3) is 0 Å². The maximum Gasteiger partial charge on any atom is 0.338 e. The van der Waals surface area contributed by atoms with Crippen LogP contribution in [-0.2, 0) is 14.3 Å². The summed E-state index contributed by atoms with van der Waals surface area (Å²) in [6, 6.07) is 11.8. The second kappa shape index (κ2) is 8.56. The first-order valence-electron chi connectivity index (χ1n) is 9.19. The minimum atomic E-state index is -0.691. The Morgan fingerprint density at radius 1 is 1.14 bits per heavy atom. The molecule has 28 heavy (non-hydrogen) atoms. The second-order valence-electron chi connectivity index (χ2n) is 6.55. The fourth-order valence-corrected chi connectivity index (χ4v) is 2.91. The van der Waals surface area contributed by atoms with Gasteiger partial charge in [0.05, 0.1) is 24.3 Å². The molecule has 2 N–H and O–H groups in total. The number of phenols is 1. The summed E-state index contributed by atoms with van der Waals surface area (Å²) in [5.41, 5.74) is 1.48. The SMILES string of the molecule is CCCCOC(=O)c1ccc(NC2CC(=O)N(c3ccc(O)cc3)C2=O)cc1. The normalized spacial score (nSPS) is 16.3. The van der Waals surface area contributed by atoms with Crippen LogP contribution in [0.3, 0.4) is 0 Å². The third-order valence-corrected chi connectivity index (χ3v) is 4.45. The van der Waals surface area contributed by atoms with E-state index in [9.17, 15) is 19.5 Å². The number of ether oxygens (including phenoxy) is 1. The summed E-state index contributed by atoms with van der Waals surface area (Å²) >= 11 is 0. The molecule has 0 aliphatic carbocycles. The van der Waals surface area contributed by atoms with E-state index in [1.54, 1.807) is 24.3 Å². The third kappa shape index (κ3) is 4.31. The van der Waals surface area contributed by atoms with Crippen molar-refractivity contribution in [2.75, 3.05) is 16.8 Å². The molecule has 0 spiro atoms. The van der Waals surface area contributed by atoms with Gasteiger partial charge in [0.15, 0.2) is 0 Å². The quantitative estimate of drug-likeness (QED) is 0.434. The Morgan fingerprint density at radius 3 is 2.46 bits per heavy atom. The van der Waals surface area contributed by atoms with Crippen LogP contribution < -0.4 is 10.2 Å². The molecular weight excluding hydrogens is 360 g/mol. The van der Waals surface area contributed by atoms with E-state index in [0.717, 1.165) is 17.7 Å². The molecule has 2 aromatic rings. The lowest BCUT2D eigenvalue weighted by Crippen LogP contribution is -2.34. The monoisotopic (exact) mass is 382 g/mol. The van der Waals surface area contributed by atoms with Gasteiger partial charge in [-0.1, -0.05) is 13.3 Å². The predicted octanol–water partition coefficient (Wildman–Crippen LogP) is 3.09. The van der Waals surface area contributed by atoms with Gasteiger partial charge in [-0.3, -0.25) is 9.59 Å². The summed E-state index contributed by atoms with van der Waals surface area (Å²) < 4.78 is 5.16. The zero-order valence-corrected chi connectivity index (χ0v) is 15.6. The number of aromatic hydroxyl groups is 1. The summed E-state index contributed by atoms with van der Waals surface area (Å²) in [6.07, 6.45) is 1.80. The summed E-state index contributed by atoms with van der Waals surface area (Å²) in [6.45, 7) is 2.41. The molecule has 2 amide bonds. The van der Waals surface area contributed by atoms with E-state index >= 15 is 0 Å². The Labute approximate surface area is 162 Å². The molecule has 7 nitrogen and oxygen atoms in total. The number of nitrogens with zero attached hydrogens (tertiary/aromatic N) is 1. The molecular formula is C21H22N2O5. The van der Waals surface area contributed by atoms with Crippen molar-refractivity contribution in [2.45, 2.75) is 32.2 Å². The zero-order valence-electron chi connectivity index (χ0n) is 15.6. The number of unbranched alkanes of at least 4 members (excludes halogenated alkanes) is 1. The number of carbonyl (C=O) groups is 3. The lowest BCUT2D eigenvalue weighted by molar-refractivity contribution is -0.121. The van der Waals surface area contributed by atoms with Crippen LogP contribution in [0.4, 0.5) is 11.4 Å². The van der Waals surface area contributed by atoms with Crippen LogP contribution in [0.2, 0.25) is 0 Å². The van der Waals surface area contributed by atoms with E-state index in [2.05, 4.69) is 5.32 Å². The third-order valence-electron chi connectivity index (χ3n) is 4.45. The van der Waals surface area contributed by atoms with Gasteiger partial charge in [0, 0.05) is 5.69 Å². The van der Waals surface area contributed by atoms with Crippen molar-refractivity contribution >= 4 is 29.2 Å². The van der Waals surface area contributed by atoms with Crippen molar-refractivity contribution in [3.05, 3.63) is 54.1 Å². The average molecular weight is 382 g/mol. The molecule has 146 valence electrons. The van der Waals surface area contributed by atoms with Gasteiger partial charge >= 0.3 is 5.97 Å². The number of hydrogen-bond acceptors (Lipinski definition) is 6. The van der Waals surface area contributed by atoms with Gasteiger partial charge in [-0.25, -0.2) is 9.69 Å². The molecule has 7 heteroatoms. The number of amides is 2. The Morgan fingerprint density at radius 2 is 1.82 bits per heavy atom. The Kier molecular flexibility index (Phi) is 5.93. The number of hydrogen-bond donors (Lipinski definition) is 2. The number of esters is 1. The molecule has 0 aromatic heterocycles. The summed E-state index contributed by atoms with van der Waals surface area (Å²) in [5, 5.41) is 12.4. The van der Waals surface area contributed by atoms with Gasteiger partial charge in [-0.15, -0.1) is 0 Å². The molecule has 3 rings (SSSR count). The molecule has 0 saturated carbocycles. The van der Waals surface area contributed by atoms with E-state index < -0.39 is 6.04 Å². The number of nitrogens with one attached hydrogen (secondary N) is 1. The molecule has 1 fully saturated rings. The minimum Gasteiger partial charge on any atom is -0.508 e. The van der Waals surface area contributed by atoms with E-state index in [1.165, 1.54) is 24.3 Å². The smallest absolute Gasteiger partial charge is 0.338 e. The molecule has 0 radical (unpaired) electrons. The van der Waals surface area contributed by atoms with Crippen molar-refractivity contribution in [2.24, 2.45) is 0 Å². The lowest BCUT2D eigenvalue weighted by atomic mass is 10.2. The first-order chi connectivity index (χ1) is 13.5. The van der Waals surface area contributed by atoms with Crippen LogP contribution in [0, 0.1) is 0 Å². The number of phenolic OH excluding ortho intramolecular Hbond substituents is 1. The van der Waals surface area contributed by atoms with Crippen LogP contribution in [-0.4, -0.2) is 35.5 Å². The highest BCUT2D eigenvalue weighted by molar-refractivity contribution is 6.23. The Bertz CT molecular complexity index is 861. The van der Waals surface area contributed by atoms with E-state index in [4.69, 9.17) is 4.74 Å². The number of imide groups is 1. The maximum absolute atomic E-state index is 12.6. The van der Waals surface area contributed by atoms with Crippen LogP contribution in [0.1, 0.15) is 36.5 Å². The van der Waals surface area contributed by atoms with E-state index in [0.29, 0.717) is 23.5 Å². The predicted molar refractivity (Wildman–Crippen MR) is 104 cm³/mol. The van der Waals surface area contributed by atoms with Crippen LogP contribution in [0.15, 0.2) is 48.5 Å².